The predicted molar refractivity (Wildman–Crippen MR) is 200 cm³/mol. The second-order valence-electron chi connectivity index (χ2n) is 12.8. The lowest BCUT2D eigenvalue weighted by atomic mass is 10.1. The second kappa shape index (κ2) is 20.4. The van der Waals surface area contributed by atoms with Crippen LogP contribution in [-0.4, -0.2) is 116 Å². The molecule has 2 atom stereocenters. The molecule has 3 aromatic rings. The highest BCUT2D eigenvalue weighted by Crippen LogP contribution is 2.20. The van der Waals surface area contributed by atoms with Crippen LogP contribution in [0.3, 0.4) is 0 Å². The van der Waals surface area contributed by atoms with Crippen LogP contribution in [0.5, 0.6) is 5.75 Å². The largest absolute Gasteiger partial charge is 0.522 e. The first-order valence-electron chi connectivity index (χ1n) is 18.0. The average Bonchev–Trinajstić information content (AvgIpc) is 3.15. The molecule has 4 heterocycles. The summed E-state index contributed by atoms with van der Waals surface area (Å²) in [5.74, 6) is 1.24. The zero-order chi connectivity index (χ0) is 40.9. The SMILES string of the molecule is CCN1CCC[C@@H](Nc2n[nH]c(=O)n(CC)c2=O)C1.CCN1CCC[C@@H](Nc2nn(Cc3ccc(OC)cc3)c(=O)n(CC)c2=O)C1.O=S(=O)(O)C(F)(F)F. The number of methoxy groups -OCH3 is 1. The predicted octanol–water partition coefficient (Wildman–Crippen LogP) is 1.62. The van der Waals surface area contributed by atoms with Crippen LogP contribution in [0.2, 0.25) is 0 Å². The highest BCUT2D eigenvalue weighted by Gasteiger charge is 2.44. The fourth-order valence-electron chi connectivity index (χ4n) is 6.06. The van der Waals surface area contributed by atoms with Gasteiger partial charge in [0.1, 0.15) is 5.75 Å². The van der Waals surface area contributed by atoms with Gasteiger partial charge < -0.3 is 25.2 Å². The molecule has 0 unspecified atom stereocenters. The van der Waals surface area contributed by atoms with Crippen LogP contribution < -0.4 is 37.9 Å². The maximum absolute atomic E-state index is 12.7. The number of piperidine rings is 2. The minimum atomic E-state index is -5.84. The third kappa shape index (κ3) is 12.8. The summed E-state index contributed by atoms with van der Waals surface area (Å²) in [6, 6.07) is 7.84. The van der Waals surface area contributed by atoms with Crippen LogP contribution in [0.4, 0.5) is 24.8 Å². The Hall–Kier alpha value is -4.54. The van der Waals surface area contributed by atoms with Crippen molar-refractivity contribution in [2.45, 2.75) is 90.6 Å². The first kappa shape index (κ1) is 44.9. The number of hydrogen-bond acceptors (Lipinski definition) is 13. The number of aromatic amines is 1. The number of benzene rings is 1. The van der Waals surface area contributed by atoms with E-state index in [0.717, 1.165) is 80.8 Å². The van der Waals surface area contributed by atoms with Gasteiger partial charge in [0.05, 0.1) is 13.7 Å². The van der Waals surface area contributed by atoms with Gasteiger partial charge in [-0.05, 0) is 83.4 Å². The maximum Gasteiger partial charge on any atom is 0.522 e. The first-order valence-corrected chi connectivity index (χ1v) is 19.5. The van der Waals surface area contributed by atoms with Crippen molar-refractivity contribution in [3.05, 3.63) is 71.5 Å². The highest BCUT2D eigenvalue weighted by molar-refractivity contribution is 7.86. The van der Waals surface area contributed by atoms with Gasteiger partial charge in [0.2, 0.25) is 11.6 Å². The summed E-state index contributed by atoms with van der Waals surface area (Å²) in [7, 11) is -4.23. The Morgan fingerprint density at radius 1 is 0.836 bits per heavy atom. The van der Waals surface area contributed by atoms with Gasteiger partial charge >= 0.3 is 27.0 Å². The number of likely N-dealkylation sites (N-methyl/N-ethyl adjacent to an activating group) is 2. The van der Waals surface area contributed by atoms with Crippen molar-refractivity contribution in [1.29, 1.82) is 0 Å². The van der Waals surface area contributed by atoms with E-state index < -0.39 is 27.0 Å². The zero-order valence-corrected chi connectivity index (χ0v) is 32.5. The van der Waals surface area contributed by atoms with E-state index in [0.29, 0.717) is 19.6 Å². The molecule has 2 fully saturated rings. The van der Waals surface area contributed by atoms with Gasteiger partial charge in [0.25, 0.3) is 11.1 Å². The van der Waals surface area contributed by atoms with Crippen molar-refractivity contribution in [1.82, 2.24) is 38.9 Å². The van der Waals surface area contributed by atoms with E-state index >= 15 is 0 Å². The van der Waals surface area contributed by atoms with E-state index in [9.17, 15) is 32.3 Å². The minimum absolute atomic E-state index is 0.158. The lowest BCUT2D eigenvalue weighted by Crippen LogP contribution is -2.46. The molecular weight excluding hydrogens is 753 g/mol. The Kier molecular flexibility index (Phi) is 16.6. The number of ether oxygens (including phenoxy) is 1. The number of nitrogens with one attached hydrogen (secondary N) is 3. The van der Waals surface area contributed by atoms with Gasteiger partial charge in [-0.2, -0.15) is 21.6 Å². The lowest BCUT2D eigenvalue weighted by Gasteiger charge is -2.32. The summed E-state index contributed by atoms with van der Waals surface area (Å²) in [5.41, 5.74) is -6.18. The second-order valence-corrected chi connectivity index (χ2v) is 14.2. The number of likely N-dealkylation sites (tertiary alicyclic amines) is 2. The molecule has 1 aromatic carbocycles. The molecule has 0 spiro atoms. The number of halogens is 3. The number of hydrogen-bond donors (Lipinski definition) is 4. The Balaban J connectivity index is 0.000000259. The molecule has 18 nitrogen and oxygen atoms in total. The van der Waals surface area contributed by atoms with Crippen molar-refractivity contribution in [2.24, 2.45) is 0 Å². The normalized spacial score (nSPS) is 18.0. The van der Waals surface area contributed by atoms with Crippen molar-refractivity contribution in [2.75, 3.05) is 57.0 Å². The first-order chi connectivity index (χ1) is 26.0. The summed E-state index contributed by atoms with van der Waals surface area (Å²) >= 11 is 0. The van der Waals surface area contributed by atoms with Gasteiger partial charge in [-0.1, -0.05) is 26.0 Å². The molecule has 4 N–H and O–H groups in total. The molecule has 2 aliphatic rings. The van der Waals surface area contributed by atoms with Crippen LogP contribution in [0.15, 0.2) is 43.4 Å². The van der Waals surface area contributed by atoms with Crippen LogP contribution in [0.25, 0.3) is 0 Å². The standard InChI is InChI=1S/C20H29N5O3.C12H21N5O2.CHF3O3S/c1-4-23-12-6-7-16(14-23)21-18-19(26)24(5-2)20(27)25(22-18)13-15-8-10-17(28-3)11-9-15;1-3-16-7-5-6-9(8-16)13-10-11(18)17(4-2)12(19)15-14-10;2-1(3,4)8(5,6)7/h8-11,16H,4-7,12-14H2,1-3H3,(H,21,22);9H,3-8H2,1-2H3,(H,13,14)(H,15,19);(H,5,6,7)/t16-;9-;/m11./s1. The van der Waals surface area contributed by atoms with Crippen LogP contribution >= 0.6 is 0 Å². The molecule has 0 bridgehead atoms. The number of H-pyrrole nitrogens is 1. The molecular formula is C33H51F3N10O8S. The third-order valence-electron chi connectivity index (χ3n) is 9.08. The van der Waals surface area contributed by atoms with Crippen molar-refractivity contribution in [3.8, 4) is 5.75 Å². The van der Waals surface area contributed by atoms with Gasteiger partial charge in [-0.15, -0.1) is 10.2 Å². The van der Waals surface area contributed by atoms with E-state index in [1.165, 1.54) is 9.25 Å². The van der Waals surface area contributed by atoms with E-state index in [2.05, 4.69) is 49.6 Å². The molecule has 22 heteroatoms. The minimum Gasteiger partial charge on any atom is -0.497 e. The van der Waals surface area contributed by atoms with Crippen LogP contribution in [0.1, 0.15) is 58.9 Å². The molecule has 0 amide bonds. The van der Waals surface area contributed by atoms with Crippen molar-refractivity contribution in [3.63, 3.8) is 0 Å². The average molecular weight is 805 g/mol. The molecule has 0 saturated carbocycles. The fraction of sp³-hybridized carbons (Fsp3) is 0.636. The molecule has 308 valence electrons. The summed E-state index contributed by atoms with van der Waals surface area (Å²) in [4.78, 5) is 53.6. The Morgan fingerprint density at radius 2 is 1.33 bits per heavy atom. The molecule has 2 aliphatic heterocycles. The molecule has 2 saturated heterocycles. The lowest BCUT2D eigenvalue weighted by molar-refractivity contribution is -0.0510. The topological polar surface area (TPSA) is 219 Å². The summed E-state index contributed by atoms with van der Waals surface area (Å²) < 4.78 is 66.5. The number of aromatic nitrogens is 6. The molecule has 0 radical (unpaired) electrons. The van der Waals surface area contributed by atoms with Crippen molar-refractivity contribution >= 4 is 21.8 Å². The smallest absolute Gasteiger partial charge is 0.497 e. The summed E-state index contributed by atoms with van der Waals surface area (Å²) in [6.07, 6.45) is 4.19. The third-order valence-corrected chi connectivity index (χ3v) is 9.66. The monoisotopic (exact) mass is 804 g/mol. The van der Waals surface area contributed by atoms with Gasteiger partial charge in [-0.3, -0.25) is 23.3 Å². The molecule has 2 aromatic heterocycles. The van der Waals surface area contributed by atoms with E-state index in [1.54, 1.807) is 21.0 Å². The van der Waals surface area contributed by atoms with E-state index in [1.807, 2.05) is 24.3 Å². The Morgan fingerprint density at radius 3 is 1.78 bits per heavy atom. The van der Waals surface area contributed by atoms with Gasteiger partial charge in [-0.25, -0.2) is 19.4 Å². The van der Waals surface area contributed by atoms with Gasteiger partial charge in [0, 0.05) is 38.3 Å². The molecule has 5 rings (SSSR count). The maximum atomic E-state index is 12.7. The van der Waals surface area contributed by atoms with Crippen molar-refractivity contribution < 1.29 is 30.9 Å². The fourth-order valence-corrected chi connectivity index (χ4v) is 6.06. The highest BCUT2D eigenvalue weighted by atomic mass is 32.2. The number of nitrogens with zero attached hydrogens (tertiary/aromatic N) is 7. The number of alkyl halides is 3. The Labute approximate surface area is 316 Å². The van der Waals surface area contributed by atoms with Crippen LogP contribution in [0, 0.1) is 0 Å². The molecule has 0 aliphatic carbocycles. The summed E-state index contributed by atoms with van der Waals surface area (Å²) in [6.45, 7) is 14.7. The van der Waals surface area contributed by atoms with E-state index in [-0.39, 0.29) is 34.8 Å². The molecule has 55 heavy (non-hydrogen) atoms. The zero-order valence-electron chi connectivity index (χ0n) is 31.6. The van der Waals surface area contributed by atoms with Gasteiger partial charge in [0.15, 0.2) is 0 Å². The number of anilines is 2. The van der Waals surface area contributed by atoms with Crippen LogP contribution in [-0.2, 0) is 29.8 Å². The Bertz CT molecular complexity index is 2040. The number of rotatable bonds is 11. The summed E-state index contributed by atoms with van der Waals surface area (Å²) in [5, 5.41) is 17.0. The van der Waals surface area contributed by atoms with E-state index in [4.69, 9.17) is 17.7 Å². The quantitative estimate of drug-likeness (QED) is 0.160.